The van der Waals surface area contributed by atoms with Crippen LogP contribution in [0.4, 0.5) is 5.82 Å². The normalized spacial score (nSPS) is 10.9. The molecule has 0 fully saturated rings. The highest BCUT2D eigenvalue weighted by molar-refractivity contribution is 7.13. The Hall–Kier alpha value is -4.17. The number of ether oxygens (including phenoxy) is 2. The van der Waals surface area contributed by atoms with Gasteiger partial charge in [-0.15, -0.1) is 16.4 Å². The number of rotatable bonds is 8. The number of aromatic nitrogens is 4. The van der Waals surface area contributed by atoms with Crippen molar-refractivity contribution >= 4 is 17.2 Å². The summed E-state index contributed by atoms with van der Waals surface area (Å²) < 4.78 is 13.0. The van der Waals surface area contributed by atoms with Crippen LogP contribution in [0.1, 0.15) is 12.5 Å². The fourth-order valence-electron chi connectivity index (χ4n) is 3.46. The van der Waals surface area contributed by atoms with Crippen molar-refractivity contribution in [3.63, 3.8) is 0 Å². The summed E-state index contributed by atoms with van der Waals surface area (Å²) in [5.74, 6) is 2.04. The fraction of sp³-hybridized carbons (Fsp3) is 0.115. The molecular weight excluding hydrogens is 446 g/mol. The zero-order chi connectivity index (χ0) is 23.3. The zero-order valence-electron chi connectivity index (χ0n) is 18.6. The highest BCUT2D eigenvalue weighted by Gasteiger charge is 2.17. The van der Waals surface area contributed by atoms with Gasteiger partial charge in [-0.25, -0.2) is 4.98 Å². The summed E-state index contributed by atoms with van der Waals surface area (Å²) in [6.07, 6.45) is 0. The molecule has 0 aliphatic carbocycles. The Kier molecular flexibility index (Phi) is 6.22. The van der Waals surface area contributed by atoms with Crippen LogP contribution in [0.2, 0.25) is 0 Å². The SMILES string of the molecule is CCOc1ccc(-c2csc(-c3nnn(-c4ccc(OCc5ccccc5)cc4)c3N)n2)cc1. The van der Waals surface area contributed by atoms with Crippen molar-refractivity contribution < 1.29 is 9.47 Å². The molecule has 0 aliphatic heterocycles. The van der Waals surface area contributed by atoms with Crippen LogP contribution < -0.4 is 15.2 Å². The first kappa shape index (κ1) is 21.7. The molecule has 0 saturated carbocycles. The van der Waals surface area contributed by atoms with Gasteiger partial charge in [0.2, 0.25) is 0 Å². The molecule has 0 radical (unpaired) electrons. The number of thiazole rings is 1. The van der Waals surface area contributed by atoms with E-state index in [1.54, 1.807) is 4.68 Å². The Labute approximate surface area is 201 Å². The number of nitrogen functional groups attached to an aromatic ring is 1. The molecule has 0 aliphatic rings. The standard InChI is InChI=1S/C26H23N5O2S/c1-2-32-21-12-8-19(9-13-21)23-17-34-26(28-23)24-25(27)31(30-29-24)20-10-14-22(15-11-20)33-16-18-6-4-3-5-7-18/h3-15,17H,2,16,27H2,1H3. The summed E-state index contributed by atoms with van der Waals surface area (Å²) in [6.45, 7) is 3.11. The second kappa shape index (κ2) is 9.76. The maximum absolute atomic E-state index is 6.40. The highest BCUT2D eigenvalue weighted by Crippen LogP contribution is 2.32. The van der Waals surface area contributed by atoms with E-state index in [2.05, 4.69) is 10.3 Å². The molecule has 5 rings (SSSR count). The topological polar surface area (TPSA) is 88.1 Å². The number of nitrogens with two attached hydrogens (primary N) is 1. The van der Waals surface area contributed by atoms with Crippen LogP contribution in [0.25, 0.3) is 27.6 Å². The minimum absolute atomic E-state index is 0.436. The summed E-state index contributed by atoms with van der Waals surface area (Å²) in [4.78, 5) is 4.72. The van der Waals surface area contributed by atoms with Gasteiger partial charge >= 0.3 is 0 Å². The van der Waals surface area contributed by atoms with Crippen molar-refractivity contribution in [2.45, 2.75) is 13.5 Å². The van der Waals surface area contributed by atoms with E-state index < -0.39 is 0 Å². The first-order chi connectivity index (χ1) is 16.7. The van der Waals surface area contributed by atoms with Crippen LogP contribution in [0, 0.1) is 0 Å². The smallest absolute Gasteiger partial charge is 0.165 e. The van der Waals surface area contributed by atoms with Crippen LogP contribution in [0.15, 0.2) is 84.2 Å². The quantitative estimate of drug-likeness (QED) is 0.317. The number of nitrogens with zero attached hydrogens (tertiary/aromatic N) is 4. The fourth-order valence-corrected chi connectivity index (χ4v) is 4.28. The Balaban J connectivity index is 1.31. The third kappa shape index (κ3) is 4.62. The van der Waals surface area contributed by atoms with Gasteiger partial charge < -0.3 is 15.2 Å². The summed E-state index contributed by atoms with van der Waals surface area (Å²) >= 11 is 1.48. The molecule has 2 aromatic heterocycles. The maximum Gasteiger partial charge on any atom is 0.165 e. The number of hydrogen-bond donors (Lipinski definition) is 1. The van der Waals surface area contributed by atoms with Gasteiger partial charge in [0.25, 0.3) is 0 Å². The molecule has 0 spiro atoms. The molecule has 7 nitrogen and oxygen atoms in total. The zero-order valence-corrected chi connectivity index (χ0v) is 19.4. The average molecular weight is 470 g/mol. The molecule has 170 valence electrons. The predicted molar refractivity (Wildman–Crippen MR) is 134 cm³/mol. The van der Waals surface area contributed by atoms with E-state index >= 15 is 0 Å². The highest BCUT2D eigenvalue weighted by atomic mass is 32.1. The van der Waals surface area contributed by atoms with Gasteiger partial charge in [0.05, 0.1) is 18.0 Å². The Morgan fingerprint density at radius 1 is 0.882 bits per heavy atom. The molecule has 3 aromatic carbocycles. The second-order valence-corrected chi connectivity index (χ2v) is 8.36. The van der Waals surface area contributed by atoms with Gasteiger partial charge in [0, 0.05) is 10.9 Å². The van der Waals surface area contributed by atoms with Crippen molar-refractivity contribution in [2.75, 3.05) is 12.3 Å². The summed E-state index contributed by atoms with van der Waals surface area (Å²) in [5.41, 5.74) is 10.7. The molecule has 8 heteroatoms. The van der Waals surface area contributed by atoms with Crippen LogP contribution in [-0.4, -0.2) is 26.6 Å². The summed E-state index contributed by atoms with van der Waals surface area (Å²) in [7, 11) is 0. The largest absolute Gasteiger partial charge is 0.494 e. The first-order valence-electron chi connectivity index (χ1n) is 10.9. The second-order valence-electron chi connectivity index (χ2n) is 7.50. The molecule has 0 bridgehead atoms. The summed E-state index contributed by atoms with van der Waals surface area (Å²) in [5, 5.41) is 11.2. The van der Waals surface area contributed by atoms with Crippen LogP contribution >= 0.6 is 11.3 Å². The lowest BCUT2D eigenvalue weighted by Gasteiger charge is -2.08. The van der Waals surface area contributed by atoms with E-state index in [0.717, 1.165) is 39.0 Å². The van der Waals surface area contributed by atoms with Crippen molar-refractivity contribution in [3.05, 3.63) is 89.8 Å². The van der Waals surface area contributed by atoms with Crippen LogP contribution in [0.5, 0.6) is 11.5 Å². The molecule has 0 saturated heterocycles. The molecule has 2 heterocycles. The van der Waals surface area contributed by atoms with Gasteiger partial charge in [-0.1, -0.05) is 35.5 Å². The molecule has 34 heavy (non-hydrogen) atoms. The molecule has 0 amide bonds. The van der Waals surface area contributed by atoms with Crippen LogP contribution in [-0.2, 0) is 6.61 Å². The van der Waals surface area contributed by atoms with E-state index in [-0.39, 0.29) is 0 Å². The van der Waals surface area contributed by atoms with Gasteiger partial charge in [-0.05, 0) is 61.0 Å². The third-order valence-corrected chi connectivity index (χ3v) is 6.05. The van der Waals surface area contributed by atoms with Crippen molar-refractivity contribution in [1.82, 2.24) is 20.0 Å². The number of anilines is 1. The number of benzene rings is 3. The van der Waals surface area contributed by atoms with E-state index in [4.69, 9.17) is 20.2 Å². The molecular formula is C26H23N5O2S. The van der Waals surface area contributed by atoms with Crippen molar-refractivity contribution in [1.29, 1.82) is 0 Å². The minimum atomic E-state index is 0.436. The lowest BCUT2D eigenvalue weighted by atomic mass is 10.2. The maximum atomic E-state index is 6.40. The number of hydrogen-bond acceptors (Lipinski definition) is 7. The monoisotopic (exact) mass is 469 g/mol. The third-order valence-electron chi connectivity index (χ3n) is 5.20. The first-order valence-corrected chi connectivity index (χ1v) is 11.8. The molecule has 5 aromatic rings. The van der Waals surface area contributed by atoms with E-state index in [0.29, 0.717) is 24.7 Å². The summed E-state index contributed by atoms with van der Waals surface area (Å²) in [6, 6.07) is 25.5. The van der Waals surface area contributed by atoms with Gasteiger partial charge in [-0.2, -0.15) is 4.68 Å². The lowest BCUT2D eigenvalue weighted by Crippen LogP contribution is -2.02. The Morgan fingerprint density at radius 2 is 1.59 bits per heavy atom. The van der Waals surface area contributed by atoms with E-state index in [1.165, 1.54) is 11.3 Å². The molecule has 0 atom stereocenters. The Morgan fingerprint density at radius 3 is 2.32 bits per heavy atom. The van der Waals surface area contributed by atoms with Crippen LogP contribution in [0.3, 0.4) is 0 Å². The van der Waals surface area contributed by atoms with E-state index in [1.807, 2.05) is 91.2 Å². The van der Waals surface area contributed by atoms with Crippen molar-refractivity contribution in [3.8, 4) is 39.1 Å². The molecule has 0 unspecified atom stereocenters. The predicted octanol–water partition coefficient (Wildman–Crippen LogP) is 5.62. The minimum Gasteiger partial charge on any atom is -0.494 e. The van der Waals surface area contributed by atoms with Gasteiger partial charge in [0.15, 0.2) is 11.5 Å². The van der Waals surface area contributed by atoms with Crippen molar-refractivity contribution in [2.24, 2.45) is 0 Å². The molecule has 2 N–H and O–H groups in total. The lowest BCUT2D eigenvalue weighted by molar-refractivity contribution is 0.306. The van der Waals surface area contributed by atoms with Gasteiger partial charge in [0.1, 0.15) is 23.1 Å². The van der Waals surface area contributed by atoms with E-state index in [9.17, 15) is 0 Å². The average Bonchev–Trinajstić information content (AvgIpc) is 3.51. The van der Waals surface area contributed by atoms with Gasteiger partial charge in [-0.3, -0.25) is 0 Å². The Bertz CT molecular complexity index is 1360.